The molecule has 0 spiro atoms. The van der Waals surface area contributed by atoms with Crippen molar-refractivity contribution in [2.75, 3.05) is 5.73 Å². The molecule has 1 rings (SSSR count). The van der Waals surface area contributed by atoms with Crippen molar-refractivity contribution in [1.82, 2.24) is 0 Å². The number of carbonyl (C=O) groups excluding carboxylic acids is 1. The van der Waals surface area contributed by atoms with Crippen LogP contribution in [-0.4, -0.2) is 5.24 Å². The van der Waals surface area contributed by atoms with Crippen LogP contribution in [-0.2, 0) is 12.4 Å². The standard InChI is InChI=1S/C9H4ClF6NO/c10-7(18)3-1-6(17)5(9(14,15)16)2-4(3)8(11,12)13/h1-2H,17H2. The fourth-order valence-corrected chi connectivity index (χ4v) is 1.42. The first-order valence-corrected chi connectivity index (χ1v) is 4.60. The molecule has 0 aliphatic rings. The van der Waals surface area contributed by atoms with Crippen LogP contribution in [0.25, 0.3) is 0 Å². The molecule has 0 aromatic heterocycles. The van der Waals surface area contributed by atoms with Crippen LogP contribution in [0.3, 0.4) is 0 Å². The first-order chi connectivity index (χ1) is 7.94. The number of hydrogen-bond donors (Lipinski definition) is 1. The summed E-state index contributed by atoms with van der Waals surface area (Å²) in [6.07, 6.45) is -10.2. The van der Waals surface area contributed by atoms with E-state index in [1.807, 2.05) is 0 Å². The molecule has 0 saturated heterocycles. The maximum atomic E-state index is 12.5. The van der Waals surface area contributed by atoms with E-state index in [0.29, 0.717) is 0 Å². The molecular weight excluding hydrogens is 288 g/mol. The van der Waals surface area contributed by atoms with E-state index in [9.17, 15) is 31.1 Å². The molecule has 1 aromatic rings. The third-order valence-corrected chi connectivity index (χ3v) is 2.22. The van der Waals surface area contributed by atoms with Crippen LogP contribution in [0.5, 0.6) is 0 Å². The molecule has 0 unspecified atom stereocenters. The van der Waals surface area contributed by atoms with E-state index in [4.69, 9.17) is 17.3 Å². The zero-order valence-electron chi connectivity index (χ0n) is 8.29. The summed E-state index contributed by atoms with van der Waals surface area (Å²) in [5, 5.41) is -1.54. The zero-order valence-corrected chi connectivity index (χ0v) is 9.04. The Bertz CT molecular complexity index is 493. The molecular formula is C9H4ClF6NO. The van der Waals surface area contributed by atoms with Crippen molar-refractivity contribution in [3.63, 3.8) is 0 Å². The van der Waals surface area contributed by atoms with Crippen LogP contribution in [0.4, 0.5) is 32.0 Å². The van der Waals surface area contributed by atoms with E-state index in [-0.39, 0.29) is 12.1 Å². The van der Waals surface area contributed by atoms with Gasteiger partial charge in [0.05, 0.1) is 11.1 Å². The van der Waals surface area contributed by atoms with Gasteiger partial charge in [0.2, 0.25) is 0 Å². The van der Waals surface area contributed by atoms with Gasteiger partial charge in [-0.15, -0.1) is 0 Å². The van der Waals surface area contributed by atoms with Gasteiger partial charge in [-0.1, -0.05) is 0 Å². The highest BCUT2D eigenvalue weighted by Gasteiger charge is 2.40. The molecule has 0 bridgehead atoms. The fourth-order valence-electron chi connectivity index (χ4n) is 1.26. The Kier molecular flexibility index (Phi) is 3.53. The van der Waals surface area contributed by atoms with E-state index >= 15 is 0 Å². The average molecular weight is 292 g/mol. The second-order valence-corrected chi connectivity index (χ2v) is 3.60. The van der Waals surface area contributed by atoms with Crippen LogP contribution in [0.15, 0.2) is 12.1 Å². The summed E-state index contributed by atoms with van der Waals surface area (Å²) < 4.78 is 74.6. The lowest BCUT2D eigenvalue weighted by molar-refractivity contribution is -0.142. The smallest absolute Gasteiger partial charge is 0.398 e. The van der Waals surface area contributed by atoms with E-state index in [1.54, 1.807) is 0 Å². The normalized spacial score (nSPS) is 12.6. The Balaban J connectivity index is 3.62. The molecule has 0 radical (unpaired) electrons. The molecule has 1 aromatic carbocycles. The van der Waals surface area contributed by atoms with Gasteiger partial charge in [-0.25, -0.2) is 0 Å². The Morgan fingerprint density at radius 2 is 1.44 bits per heavy atom. The Morgan fingerprint density at radius 1 is 1.00 bits per heavy atom. The van der Waals surface area contributed by atoms with E-state index in [0.717, 1.165) is 0 Å². The van der Waals surface area contributed by atoms with Crippen LogP contribution < -0.4 is 5.73 Å². The van der Waals surface area contributed by atoms with Crippen molar-refractivity contribution in [1.29, 1.82) is 0 Å². The molecule has 0 saturated carbocycles. The summed E-state index contributed by atoms with van der Waals surface area (Å²) in [5.41, 5.74) is -0.601. The van der Waals surface area contributed by atoms with E-state index < -0.39 is 40.0 Å². The summed E-state index contributed by atoms with van der Waals surface area (Å²) in [6, 6.07) is 0.0337. The maximum absolute atomic E-state index is 12.5. The van der Waals surface area contributed by atoms with Gasteiger partial charge in [0.1, 0.15) is 0 Å². The predicted molar refractivity (Wildman–Crippen MR) is 51.0 cm³/mol. The molecule has 0 fully saturated rings. The van der Waals surface area contributed by atoms with Gasteiger partial charge in [0, 0.05) is 11.3 Å². The number of nitrogen functional groups attached to an aromatic ring is 1. The summed E-state index contributed by atoms with van der Waals surface area (Å²) >= 11 is 4.88. The third kappa shape index (κ3) is 2.87. The minimum Gasteiger partial charge on any atom is -0.398 e. The van der Waals surface area contributed by atoms with Crippen LogP contribution >= 0.6 is 11.6 Å². The maximum Gasteiger partial charge on any atom is 0.418 e. The number of nitrogens with two attached hydrogens (primary N) is 1. The van der Waals surface area contributed by atoms with Crippen molar-refractivity contribution in [2.24, 2.45) is 0 Å². The molecule has 100 valence electrons. The second-order valence-electron chi connectivity index (χ2n) is 3.25. The van der Waals surface area contributed by atoms with Gasteiger partial charge < -0.3 is 5.73 Å². The molecule has 0 aliphatic heterocycles. The van der Waals surface area contributed by atoms with E-state index in [1.165, 1.54) is 0 Å². The van der Waals surface area contributed by atoms with Gasteiger partial charge in [-0.3, -0.25) is 4.79 Å². The number of carbonyl (C=O) groups is 1. The number of benzene rings is 1. The van der Waals surface area contributed by atoms with Crippen LogP contribution in [0, 0.1) is 0 Å². The highest BCUT2D eigenvalue weighted by molar-refractivity contribution is 6.68. The summed E-state index contributed by atoms with van der Waals surface area (Å²) in [6.45, 7) is 0. The topological polar surface area (TPSA) is 43.1 Å². The van der Waals surface area contributed by atoms with Gasteiger partial charge in [0.25, 0.3) is 5.24 Å². The van der Waals surface area contributed by atoms with Crippen molar-refractivity contribution < 1.29 is 31.1 Å². The molecule has 0 aliphatic carbocycles. The largest absolute Gasteiger partial charge is 0.418 e. The van der Waals surface area contributed by atoms with Crippen molar-refractivity contribution in [3.8, 4) is 0 Å². The SMILES string of the molecule is Nc1cc(C(=O)Cl)c(C(F)(F)F)cc1C(F)(F)F. The molecule has 2 nitrogen and oxygen atoms in total. The number of anilines is 1. The lowest BCUT2D eigenvalue weighted by Gasteiger charge is -2.16. The molecule has 18 heavy (non-hydrogen) atoms. The molecule has 0 atom stereocenters. The lowest BCUT2D eigenvalue weighted by atomic mass is 10.0. The number of alkyl halides is 6. The van der Waals surface area contributed by atoms with Gasteiger partial charge in [-0.05, 0) is 23.7 Å². The van der Waals surface area contributed by atoms with Crippen molar-refractivity contribution >= 4 is 22.5 Å². The summed E-state index contributed by atoms with van der Waals surface area (Å²) in [5.74, 6) is 0. The number of hydrogen-bond acceptors (Lipinski definition) is 2. The monoisotopic (exact) mass is 291 g/mol. The highest BCUT2D eigenvalue weighted by Crippen LogP contribution is 2.40. The first-order valence-electron chi connectivity index (χ1n) is 4.22. The predicted octanol–water partition coefficient (Wildman–Crippen LogP) is 3.69. The summed E-state index contributed by atoms with van der Waals surface area (Å²) in [7, 11) is 0. The Morgan fingerprint density at radius 3 is 1.78 bits per heavy atom. The Hall–Kier alpha value is -1.44. The zero-order chi connectivity index (χ0) is 14.3. The number of halogens is 7. The Labute approximate surface area is 101 Å². The molecule has 0 heterocycles. The lowest BCUT2D eigenvalue weighted by Crippen LogP contribution is -2.16. The second kappa shape index (κ2) is 4.34. The van der Waals surface area contributed by atoms with Crippen molar-refractivity contribution in [2.45, 2.75) is 12.4 Å². The molecule has 2 N–H and O–H groups in total. The first kappa shape index (κ1) is 14.6. The fraction of sp³-hybridized carbons (Fsp3) is 0.222. The average Bonchev–Trinajstić information content (AvgIpc) is 2.12. The van der Waals surface area contributed by atoms with Gasteiger partial charge in [0.15, 0.2) is 0 Å². The minimum atomic E-state index is -5.15. The highest BCUT2D eigenvalue weighted by atomic mass is 35.5. The summed E-state index contributed by atoms with van der Waals surface area (Å²) in [4.78, 5) is 10.8. The third-order valence-electron chi connectivity index (χ3n) is 2.01. The molecule has 9 heteroatoms. The van der Waals surface area contributed by atoms with Gasteiger partial charge >= 0.3 is 12.4 Å². The van der Waals surface area contributed by atoms with E-state index in [2.05, 4.69) is 0 Å². The van der Waals surface area contributed by atoms with Gasteiger partial charge in [-0.2, -0.15) is 26.3 Å². The van der Waals surface area contributed by atoms with Crippen LogP contribution in [0.2, 0.25) is 0 Å². The van der Waals surface area contributed by atoms with Crippen LogP contribution in [0.1, 0.15) is 21.5 Å². The van der Waals surface area contributed by atoms with Crippen molar-refractivity contribution in [3.05, 3.63) is 28.8 Å². The quantitative estimate of drug-likeness (QED) is 0.487. The molecule has 0 amide bonds. The minimum absolute atomic E-state index is 0.231. The number of rotatable bonds is 1.